The molecule has 0 saturated carbocycles. The number of nitriles is 1. The van der Waals surface area contributed by atoms with Gasteiger partial charge in [-0.2, -0.15) is 17.7 Å². The molecular formula is C9H5F3NNaO. The summed E-state index contributed by atoms with van der Waals surface area (Å²) < 4.78 is 38.8. The molecule has 0 aliphatic heterocycles. The van der Waals surface area contributed by atoms with Gasteiger partial charge in [0.25, 0.3) is 0 Å². The third-order valence-corrected chi connectivity index (χ3v) is 1.34. The quantitative estimate of drug-likeness (QED) is 0.508. The maximum absolute atomic E-state index is 11.7. The average molecular weight is 223 g/mol. The first kappa shape index (κ1) is 14.2. The second-order valence-corrected chi connectivity index (χ2v) is 2.39. The van der Waals surface area contributed by atoms with E-state index in [2.05, 4.69) is 4.74 Å². The standard InChI is InChI=1S/C9H5F3NO.Na/c10-9(11,12)14-8-3-1-7(2-4-8)5-6-13;/h1-5H;/q-1;+1. The van der Waals surface area contributed by atoms with Crippen LogP contribution in [0.3, 0.4) is 0 Å². The number of nitrogens with zero attached hydrogens (tertiary/aromatic N) is 1. The summed E-state index contributed by atoms with van der Waals surface area (Å²) in [4.78, 5) is 0. The van der Waals surface area contributed by atoms with Crippen molar-refractivity contribution in [3.8, 4) is 11.8 Å². The molecule has 2 nitrogen and oxygen atoms in total. The van der Waals surface area contributed by atoms with Crippen molar-refractivity contribution in [3.63, 3.8) is 0 Å². The summed E-state index contributed by atoms with van der Waals surface area (Å²) in [6.45, 7) is 0. The van der Waals surface area contributed by atoms with Crippen LogP contribution in [0.1, 0.15) is 5.56 Å². The molecule has 0 amide bonds. The van der Waals surface area contributed by atoms with Crippen molar-refractivity contribution in [1.29, 1.82) is 5.26 Å². The predicted molar refractivity (Wildman–Crippen MR) is 42.1 cm³/mol. The van der Waals surface area contributed by atoms with Crippen LogP contribution < -0.4 is 34.3 Å². The molecule has 0 saturated heterocycles. The van der Waals surface area contributed by atoms with Crippen LogP contribution >= 0.6 is 0 Å². The van der Waals surface area contributed by atoms with E-state index in [9.17, 15) is 13.2 Å². The van der Waals surface area contributed by atoms with Gasteiger partial charge in [0, 0.05) is 6.07 Å². The topological polar surface area (TPSA) is 33.0 Å². The molecule has 0 bridgehead atoms. The fourth-order valence-electron chi connectivity index (χ4n) is 0.840. The zero-order valence-electron chi connectivity index (χ0n) is 7.88. The first-order chi connectivity index (χ1) is 6.51. The molecule has 0 aromatic heterocycles. The van der Waals surface area contributed by atoms with Gasteiger partial charge in [-0.05, 0) is 0 Å². The smallest absolute Gasteiger partial charge is 0.408 e. The summed E-state index contributed by atoms with van der Waals surface area (Å²) in [6, 6.07) is 6.79. The van der Waals surface area contributed by atoms with Gasteiger partial charge < -0.3 is 4.74 Å². The van der Waals surface area contributed by atoms with Gasteiger partial charge in [-0.25, -0.2) is 5.26 Å². The van der Waals surface area contributed by atoms with Gasteiger partial charge in [0.1, 0.15) is 5.75 Å². The van der Waals surface area contributed by atoms with E-state index in [1.165, 1.54) is 18.6 Å². The molecule has 0 aliphatic rings. The fraction of sp³-hybridized carbons (Fsp3) is 0.111. The Morgan fingerprint density at radius 1 is 1.20 bits per heavy atom. The Kier molecular flexibility index (Phi) is 5.58. The number of alkyl halides is 3. The zero-order valence-corrected chi connectivity index (χ0v) is 9.88. The average Bonchev–Trinajstić information content (AvgIpc) is 2.06. The van der Waals surface area contributed by atoms with Gasteiger partial charge in [-0.3, -0.25) is 0 Å². The number of rotatable bonds is 2. The van der Waals surface area contributed by atoms with Crippen LogP contribution in [0, 0.1) is 17.8 Å². The van der Waals surface area contributed by atoms with Gasteiger partial charge >= 0.3 is 35.9 Å². The molecule has 6 heteroatoms. The molecule has 0 atom stereocenters. The van der Waals surface area contributed by atoms with E-state index >= 15 is 0 Å². The second kappa shape index (κ2) is 5.91. The van der Waals surface area contributed by atoms with Crippen molar-refractivity contribution in [2.24, 2.45) is 0 Å². The van der Waals surface area contributed by atoms with Crippen molar-refractivity contribution >= 4 is 0 Å². The van der Waals surface area contributed by atoms with Crippen LogP contribution in [0.5, 0.6) is 5.75 Å². The molecule has 1 aromatic carbocycles. The first-order valence-corrected chi connectivity index (χ1v) is 3.60. The van der Waals surface area contributed by atoms with Crippen LogP contribution in [0.4, 0.5) is 13.2 Å². The van der Waals surface area contributed by atoms with Crippen LogP contribution in [-0.4, -0.2) is 6.36 Å². The molecule has 15 heavy (non-hydrogen) atoms. The maximum Gasteiger partial charge on any atom is 1.00 e. The SMILES string of the molecule is N#C[CH-]c1ccc(OC(F)(F)F)cc1.[Na+]. The number of benzene rings is 1. The Hall–Kier alpha value is -0.830. The Morgan fingerprint density at radius 3 is 2.13 bits per heavy atom. The summed E-state index contributed by atoms with van der Waals surface area (Å²) in [7, 11) is 0. The molecule has 1 rings (SSSR count). The third kappa shape index (κ3) is 5.57. The number of hydrogen-bond donors (Lipinski definition) is 0. The molecule has 0 N–H and O–H groups in total. The van der Waals surface area contributed by atoms with E-state index < -0.39 is 6.36 Å². The van der Waals surface area contributed by atoms with Gasteiger partial charge in [0.15, 0.2) is 0 Å². The van der Waals surface area contributed by atoms with Crippen LogP contribution in [0.25, 0.3) is 0 Å². The monoisotopic (exact) mass is 223 g/mol. The number of hydrogen-bond acceptors (Lipinski definition) is 2. The molecule has 0 radical (unpaired) electrons. The molecular weight excluding hydrogens is 218 g/mol. The van der Waals surface area contributed by atoms with Crippen molar-refractivity contribution in [1.82, 2.24) is 0 Å². The fourth-order valence-corrected chi connectivity index (χ4v) is 0.840. The van der Waals surface area contributed by atoms with Gasteiger partial charge in [-0.1, -0.05) is 18.6 Å². The van der Waals surface area contributed by atoms with Gasteiger partial charge in [0.2, 0.25) is 0 Å². The summed E-state index contributed by atoms with van der Waals surface area (Å²) in [5, 5.41) is 8.26. The Balaban J connectivity index is 0.00000196. The Labute approximate surface area is 107 Å². The summed E-state index contributed by atoms with van der Waals surface area (Å²) in [6.07, 6.45) is -3.46. The summed E-state index contributed by atoms with van der Waals surface area (Å²) in [5.74, 6) is -0.299. The van der Waals surface area contributed by atoms with Crippen molar-refractivity contribution in [2.75, 3.05) is 0 Å². The van der Waals surface area contributed by atoms with E-state index in [1.54, 1.807) is 6.07 Å². The Bertz CT molecular complexity index is 342. The molecule has 0 aliphatic carbocycles. The van der Waals surface area contributed by atoms with Crippen LogP contribution in [0.15, 0.2) is 24.3 Å². The van der Waals surface area contributed by atoms with E-state index in [4.69, 9.17) is 5.26 Å². The zero-order chi connectivity index (χ0) is 10.6. The van der Waals surface area contributed by atoms with E-state index in [1.807, 2.05) is 0 Å². The van der Waals surface area contributed by atoms with Crippen molar-refractivity contribution in [2.45, 2.75) is 6.36 Å². The van der Waals surface area contributed by atoms with E-state index in [0.29, 0.717) is 5.56 Å². The summed E-state index contributed by atoms with van der Waals surface area (Å²) in [5.41, 5.74) is 0.530. The van der Waals surface area contributed by atoms with Gasteiger partial charge in [-0.15, -0.1) is 13.2 Å². The number of halogens is 3. The minimum absolute atomic E-state index is 0. The first-order valence-electron chi connectivity index (χ1n) is 3.60. The van der Waals surface area contributed by atoms with Crippen molar-refractivity contribution < 1.29 is 47.5 Å². The van der Waals surface area contributed by atoms with E-state index in [0.717, 1.165) is 12.1 Å². The second-order valence-electron chi connectivity index (χ2n) is 2.39. The molecule has 0 heterocycles. The predicted octanol–water partition coefficient (Wildman–Crippen LogP) is -0.335. The number of ether oxygens (including phenoxy) is 1. The maximum atomic E-state index is 11.7. The van der Waals surface area contributed by atoms with Crippen LogP contribution in [-0.2, 0) is 0 Å². The largest absolute Gasteiger partial charge is 1.00 e. The molecule has 74 valence electrons. The third-order valence-electron chi connectivity index (χ3n) is 1.34. The minimum atomic E-state index is -4.68. The van der Waals surface area contributed by atoms with Gasteiger partial charge in [0.05, 0.1) is 0 Å². The molecule has 0 spiro atoms. The molecule has 0 fully saturated rings. The van der Waals surface area contributed by atoms with E-state index in [-0.39, 0.29) is 35.3 Å². The Morgan fingerprint density at radius 2 is 1.73 bits per heavy atom. The van der Waals surface area contributed by atoms with Crippen LogP contribution in [0.2, 0.25) is 0 Å². The molecule has 0 unspecified atom stereocenters. The van der Waals surface area contributed by atoms with Crippen molar-refractivity contribution in [3.05, 3.63) is 36.2 Å². The summed E-state index contributed by atoms with van der Waals surface area (Å²) >= 11 is 0. The normalized spacial score (nSPS) is 9.73. The molecule has 1 aromatic rings. The minimum Gasteiger partial charge on any atom is -0.408 e.